The largest absolute Gasteiger partial charge is 0.300 e. The molecule has 2 aliphatic rings. The third kappa shape index (κ3) is 3.68. The van der Waals surface area contributed by atoms with E-state index in [9.17, 15) is 13.2 Å². The summed E-state index contributed by atoms with van der Waals surface area (Å²) in [6, 6.07) is 8.24. The monoisotopic (exact) mass is 364 g/mol. The first kappa shape index (κ1) is 18.6. The fraction of sp³-hybridized carbons (Fsp3) is 0.650. The Morgan fingerprint density at radius 1 is 1.24 bits per heavy atom. The van der Waals surface area contributed by atoms with E-state index in [4.69, 9.17) is 4.18 Å². The van der Waals surface area contributed by atoms with Crippen molar-refractivity contribution in [1.29, 1.82) is 0 Å². The number of hydrogen-bond donors (Lipinski definition) is 0. The first-order chi connectivity index (χ1) is 11.6. The van der Waals surface area contributed by atoms with Crippen molar-refractivity contribution in [2.24, 2.45) is 22.7 Å². The molecule has 25 heavy (non-hydrogen) atoms. The van der Waals surface area contributed by atoms with Crippen LogP contribution in [-0.2, 0) is 19.1 Å². The predicted octanol–water partition coefficient (Wildman–Crippen LogP) is 4.20. The number of rotatable bonds is 6. The molecular formula is C20H28O4S. The van der Waals surface area contributed by atoms with E-state index in [1.807, 2.05) is 0 Å². The van der Waals surface area contributed by atoms with Crippen molar-refractivity contribution in [2.75, 3.05) is 6.61 Å². The minimum atomic E-state index is -3.70. The highest BCUT2D eigenvalue weighted by Gasteiger charge is 2.57. The highest BCUT2D eigenvalue weighted by molar-refractivity contribution is 7.86. The molecular weight excluding hydrogens is 336 g/mol. The Hall–Kier alpha value is -1.20. The van der Waals surface area contributed by atoms with Gasteiger partial charge in [0.05, 0.1) is 11.5 Å². The summed E-state index contributed by atoms with van der Waals surface area (Å²) in [5.41, 5.74) is 0.289. The molecule has 3 atom stereocenters. The van der Waals surface area contributed by atoms with Gasteiger partial charge < -0.3 is 0 Å². The molecule has 0 heterocycles. The van der Waals surface area contributed by atoms with E-state index in [0.29, 0.717) is 31.0 Å². The molecule has 2 fully saturated rings. The molecule has 1 aromatic rings. The number of Topliss-reactive ketones (excluding diaryl/α,β-unsaturated/α-hetero) is 1. The Labute approximate surface area is 151 Å². The van der Waals surface area contributed by atoms with E-state index < -0.39 is 10.1 Å². The van der Waals surface area contributed by atoms with E-state index in [1.54, 1.807) is 30.3 Å². The van der Waals surface area contributed by atoms with Crippen molar-refractivity contribution in [3.8, 4) is 0 Å². The highest BCUT2D eigenvalue weighted by atomic mass is 32.2. The average molecular weight is 365 g/mol. The Balaban J connectivity index is 1.64. The first-order valence-corrected chi connectivity index (χ1v) is 10.5. The van der Waals surface area contributed by atoms with Crippen molar-refractivity contribution in [3.05, 3.63) is 30.3 Å². The van der Waals surface area contributed by atoms with Gasteiger partial charge in [0.2, 0.25) is 0 Å². The molecule has 0 amide bonds. The molecule has 138 valence electrons. The van der Waals surface area contributed by atoms with E-state index in [-0.39, 0.29) is 28.3 Å². The van der Waals surface area contributed by atoms with Crippen LogP contribution in [0.15, 0.2) is 35.2 Å². The Morgan fingerprint density at radius 2 is 1.92 bits per heavy atom. The second-order valence-electron chi connectivity index (χ2n) is 8.67. The number of fused-ring (bicyclic) bond motifs is 1. The quantitative estimate of drug-likeness (QED) is 0.710. The lowest BCUT2D eigenvalue weighted by Crippen LogP contribution is -2.30. The Bertz CT molecular complexity index is 738. The van der Waals surface area contributed by atoms with Crippen LogP contribution in [0.1, 0.15) is 52.9 Å². The van der Waals surface area contributed by atoms with Gasteiger partial charge in [0, 0.05) is 12.8 Å². The molecule has 1 aromatic carbocycles. The van der Waals surface area contributed by atoms with Crippen molar-refractivity contribution in [3.63, 3.8) is 0 Å². The van der Waals surface area contributed by atoms with Crippen LogP contribution in [0.2, 0.25) is 0 Å². The van der Waals surface area contributed by atoms with Gasteiger partial charge >= 0.3 is 0 Å². The van der Waals surface area contributed by atoms with Gasteiger partial charge in [0.25, 0.3) is 10.1 Å². The van der Waals surface area contributed by atoms with Crippen molar-refractivity contribution >= 4 is 15.9 Å². The van der Waals surface area contributed by atoms with Gasteiger partial charge in [-0.1, -0.05) is 39.0 Å². The van der Waals surface area contributed by atoms with Crippen molar-refractivity contribution in [2.45, 2.75) is 57.8 Å². The maximum absolute atomic E-state index is 12.2. The lowest BCUT2D eigenvalue weighted by molar-refractivity contribution is -0.118. The minimum Gasteiger partial charge on any atom is -0.300 e. The standard InChI is InChI=1S/C20H28O4S/c1-15(9-10-24-25(22,23)18-7-5-4-6-8-18)20-13-17(21)11-16(20)12-19(2,3)14-20/h4-8,15-16H,9-14H2,1-3H3/t15-,16-,20+/m0/s1. The molecule has 0 unspecified atom stereocenters. The van der Waals surface area contributed by atoms with Gasteiger partial charge in [-0.15, -0.1) is 0 Å². The molecule has 0 aliphatic heterocycles. The van der Waals surface area contributed by atoms with Crippen LogP contribution < -0.4 is 0 Å². The summed E-state index contributed by atoms with van der Waals surface area (Å²) >= 11 is 0. The summed E-state index contributed by atoms with van der Waals surface area (Å²) < 4.78 is 29.7. The zero-order valence-corrected chi connectivity index (χ0v) is 16.1. The molecule has 0 spiro atoms. The first-order valence-electron chi connectivity index (χ1n) is 9.11. The second kappa shape index (κ2) is 6.51. The minimum absolute atomic E-state index is 0.0282. The fourth-order valence-corrected chi connectivity index (χ4v) is 6.14. The average Bonchev–Trinajstić information content (AvgIpc) is 2.95. The van der Waals surface area contributed by atoms with Crippen LogP contribution in [0.5, 0.6) is 0 Å². The van der Waals surface area contributed by atoms with Gasteiger partial charge in [-0.05, 0) is 54.1 Å². The lowest BCUT2D eigenvalue weighted by atomic mass is 9.68. The molecule has 0 radical (unpaired) electrons. The van der Waals surface area contributed by atoms with Crippen LogP contribution in [0, 0.1) is 22.7 Å². The number of hydrogen-bond acceptors (Lipinski definition) is 4. The fourth-order valence-electron chi connectivity index (χ4n) is 5.20. The van der Waals surface area contributed by atoms with Gasteiger partial charge in [0.1, 0.15) is 5.78 Å². The molecule has 0 saturated heterocycles. The smallest absolute Gasteiger partial charge is 0.296 e. The van der Waals surface area contributed by atoms with Gasteiger partial charge in [-0.25, -0.2) is 0 Å². The van der Waals surface area contributed by atoms with Crippen LogP contribution in [0.25, 0.3) is 0 Å². The van der Waals surface area contributed by atoms with Crippen LogP contribution in [0.4, 0.5) is 0 Å². The van der Waals surface area contributed by atoms with Crippen LogP contribution >= 0.6 is 0 Å². The number of ketones is 1. The summed E-state index contributed by atoms with van der Waals surface area (Å²) in [6.07, 6.45) is 4.13. The van der Waals surface area contributed by atoms with E-state index in [0.717, 1.165) is 12.8 Å². The second-order valence-corrected chi connectivity index (χ2v) is 10.3. The predicted molar refractivity (Wildman–Crippen MR) is 96.5 cm³/mol. The summed E-state index contributed by atoms with van der Waals surface area (Å²) in [5.74, 6) is 1.08. The third-order valence-corrected chi connectivity index (χ3v) is 7.55. The van der Waals surface area contributed by atoms with Gasteiger partial charge in [0.15, 0.2) is 0 Å². The molecule has 0 aromatic heterocycles. The third-order valence-electron chi connectivity index (χ3n) is 6.22. The highest BCUT2D eigenvalue weighted by Crippen LogP contribution is 2.63. The van der Waals surface area contributed by atoms with E-state index in [2.05, 4.69) is 20.8 Å². The summed E-state index contributed by atoms with van der Waals surface area (Å²) in [5, 5.41) is 0. The molecule has 3 rings (SSSR count). The van der Waals surface area contributed by atoms with Crippen molar-refractivity contribution in [1.82, 2.24) is 0 Å². The van der Waals surface area contributed by atoms with E-state index in [1.165, 1.54) is 0 Å². The van der Waals surface area contributed by atoms with Gasteiger partial charge in [-0.3, -0.25) is 8.98 Å². The van der Waals surface area contributed by atoms with Gasteiger partial charge in [-0.2, -0.15) is 8.42 Å². The molecule has 2 aliphatic carbocycles. The molecule has 4 nitrogen and oxygen atoms in total. The maximum Gasteiger partial charge on any atom is 0.296 e. The van der Waals surface area contributed by atoms with E-state index >= 15 is 0 Å². The SMILES string of the molecule is C[C@@H](CCOS(=O)(=O)c1ccccc1)[C@]12CC(=O)C[C@H]1CC(C)(C)C2. The lowest BCUT2D eigenvalue weighted by Gasteiger charge is -2.36. The zero-order valence-electron chi connectivity index (χ0n) is 15.3. The van der Waals surface area contributed by atoms with Crippen molar-refractivity contribution < 1.29 is 17.4 Å². The molecule has 0 bridgehead atoms. The molecule has 0 N–H and O–H groups in total. The van der Waals surface area contributed by atoms with Crippen LogP contribution in [0.3, 0.4) is 0 Å². The normalized spacial score (nSPS) is 29.6. The topological polar surface area (TPSA) is 60.4 Å². The number of carbonyl (C=O) groups excluding carboxylic acids is 1. The summed E-state index contributed by atoms with van der Waals surface area (Å²) in [6.45, 7) is 6.88. The summed E-state index contributed by atoms with van der Waals surface area (Å²) in [7, 11) is -3.70. The number of carbonyl (C=O) groups is 1. The zero-order chi connectivity index (χ0) is 18.3. The Morgan fingerprint density at radius 3 is 2.60 bits per heavy atom. The van der Waals surface area contributed by atoms with Crippen LogP contribution in [-0.4, -0.2) is 20.8 Å². The number of benzene rings is 1. The summed E-state index contributed by atoms with van der Waals surface area (Å²) in [4.78, 5) is 12.3. The molecule has 2 saturated carbocycles. The maximum atomic E-state index is 12.2. The molecule has 5 heteroatoms. The Kier molecular flexibility index (Phi) is 4.84.